The van der Waals surface area contributed by atoms with Crippen LogP contribution in [0.15, 0.2) is 0 Å². The van der Waals surface area contributed by atoms with Gasteiger partial charge in [0.1, 0.15) is 0 Å². The van der Waals surface area contributed by atoms with Crippen LogP contribution in [0.1, 0.15) is 39.5 Å². The van der Waals surface area contributed by atoms with Crippen molar-refractivity contribution >= 4 is 5.91 Å². The first-order chi connectivity index (χ1) is 10.5. The second-order valence-corrected chi connectivity index (χ2v) is 7.84. The summed E-state index contributed by atoms with van der Waals surface area (Å²) >= 11 is 0. The second kappa shape index (κ2) is 6.46. The third-order valence-corrected chi connectivity index (χ3v) is 5.97. The molecule has 2 atom stereocenters. The maximum absolute atomic E-state index is 12.8. The topological polar surface area (TPSA) is 53.6 Å². The van der Waals surface area contributed by atoms with Gasteiger partial charge in [-0.25, -0.2) is 0 Å². The summed E-state index contributed by atoms with van der Waals surface area (Å²) in [6, 6.07) is 0. The van der Waals surface area contributed by atoms with E-state index in [4.69, 9.17) is 4.74 Å². The van der Waals surface area contributed by atoms with Crippen molar-refractivity contribution in [2.24, 2.45) is 11.3 Å². The van der Waals surface area contributed by atoms with Gasteiger partial charge in [-0.2, -0.15) is 0 Å². The van der Waals surface area contributed by atoms with Crippen LogP contribution in [-0.2, 0) is 9.53 Å². The SMILES string of the molecule is CC1(C)COCCN1CCNC(=O)[C@@]12CCCC[C@H]1CNC2. The zero-order valence-electron chi connectivity index (χ0n) is 14.1. The molecule has 1 aliphatic carbocycles. The molecule has 2 saturated heterocycles. The zero-order chi connectivity index (χ0) is 15.6. The first-order valence-corrected chi connectivity index (χ1v) is 8.86. The van der Waals surface area contributed by atoms with Crippen molar-refractivity contribution in [3.63, 3.8) is 0 Å². The molecule has 3 aliphatic rings. The van der Waals surface area contributed by atoms with Crippen LogP contribution in [0.5, 0.6) is 0 Å². The lowest BCUT2D eigenvalue weighted by molar-refractivity contribution is -0.134. The maximum atomic E-state index is 12.8. The number of carbonyl (C=O) groups excluding carboxylic acids is 1. The molecule has 3 rings (SSSR count). The smallest absolute Gasteiger partial charge is 0.227 e. The van der Waals surface area contributed by atoms with Crippen molar-refractivity contribution in [2.75, 3.05) is 45.9 Å². The molecule has 0 aromatic heterocycles. The fourth-order valence-electron chi connectivity index (χ4n) is 4.48. The minimum absolute atomic E-state index is 0.0730. The molecule has 5 heteroatoms. The molecular weight excluding hydrogens is 278 g/mol. The molecule has 126 valence electrons. The zero-order valence-corrected chi connectivity index (χ0v) is 14.1. The van der Waals surface area contributed by atoms with Crippen molar-refractivity contribution in [3.8, 4) is 0 Å². The molecule has 22 heavy (non-hydrogen) atoms. The van der Waals surface area contributed by atoms with Gasteiger partial charge in [-0.05, 0) is 39.2 Å². The molecule has 2 aliphatic heterocycles. The van der Waals surface area contributed by atoms with E-state index < -0.39 is 0 Å². The molecule has 0 aromatic rings. The Morgan fingerprint density at radius 2 is 2.27 bits per heavy atom. The highest BCUT2D eigenvalue weighted by Gasteiger charge is 2.49. The molecule has 1 amide bonds. The molecule has 2 heterocycles. The molecule has 0 aromatic carbocycles. The Morgan fingerprint density at radius 1 is 1.41 bits per heavy atom. The van der Waals surface area contributed by atoms with Gasteiger partial charge in [-0.15, -0.1) is 0 Å². The van der Waals surface area contributed by atoms with Crippen LogP contribution in [-0.4, -0.2) is 62.3 Å². The van der Waals surface area contributed by atoms with Gasteiger partial charge in [0, 0.05) is 31.7 Å². The van der Waals surface area contributed by atoms with Gasteiger partial charge >= 0.3 is 0 Å². The normalized spacial score (nSPS) is 35.1. The van der Waals surface area contributed by atoms with E-state index in [0.717, 1.165) is 52.4 Å². The van der Waals surface area contributed by atoms with Gasteiger partial charge in [0.15, 0.2) is 0 Å². The number of hydrogen-bond acceptors (Lipinski definition) is 4. The van der Waals surface area contributed by atoms with Gasteiger partial charge in [0.25, 0.3) is 0 Å². The van der Waals surface area contributed by atoms with Crippen LogP contribution in [0.2, 0.25) is 0 Å². The number of fused-ring (bicyclic) bond motifs is 1. The van der Waals surface area contributed by atoms with Crippen LogP contribution >= 0.6 is 0 Å². The Bertz CT molecular complexity index is 413. The fraction of sp³-hybridized carbons (Fsp3) is 0.941. The summed E-state index contributed by atoms with van der Waals surface area (Å²) in [5.74, 6) is 0.828. The maximum Gasteiger partial charge on any atom is 0.227 e. The van der Waals surface area contributed by atoms with E-state index in [1.54, 1.807) is 0 Å². The van der Waals surface area contributed by atoms with Gasteiger partial charge in [-0.3, -0.25) is 9.69 Å². The van der Waals surface area contributed by atoms with Crippen molar-refractivity contribution in [3.05, 3.63) is 0 Å². The van der Waals surface area contributed by atoms with E-state index >= 15 is 0 Å². The van der Waals surface area contributed by atoms with Crippen molar-refractivity contribution in [1.82, 2.24) is 15.5 Å². The highest BCUT2D eigenvalue weighted by molar-refractivity contribution is 5.83. The third kappa shape index (κ3) is 3.03. The van der Waals surface area contributed by atoms with Gasteiger partial charge in [-0.1, -0.05) is 12.8 Å². The summed E-state index contributed by atoms with van der Waals surface area (Å²) in [6.07, 6.45) is 4.74. The van der Waals surface area contributed by atoms with E-state index in [1.807, 2.05) is 0 Å². The van der Waals surface area contributed by atoms with Crippen LogP contribution in [0.25, 0.3) is 0 Å². The molecule has 0 unspecified atom stereocenters. The van der Waals surface area contributed by atoms with Crippen molar-refractivity contribution < 1.29 is 9.53 Å². The standard InChI is InChI=1S/C17H31N3O2/c1-16(2)13-22-10-9-20(16)8-7-19-15(21)17-6-4-3-5-14(17)11-18-12-17/h14,18H,3-13H2,1-2H3,(H,19,21)/t14-,17+/m0/s1. The predicted octanol–water partition coefficient (Wildman–Crippen LogP) is 0.993. The quantitative estimate of drug-likeness (QED) is 0.813. The average Bonchev–Trinajstić information content (AvgIpc) is 2.93. The van der Waals surface area contributed by atoms with Crippen molar-refractivity contribution in [1.29, 1.82) is 0 Å². The average molecular weight is 309 g/mol. The monoisotopic (exact) mass is 309 g/mol. The molecule has 2 N–H and O–H groups in total. The lowest BCUT2D eigenvalue weighted by Gasteiger charge is -2.42. The summed E-state index contributed by atoms with van der Waals surface area (Å²) in [6.45, 7) is 10.5. The number of nitrogens with one attached hydrogen (secondary N) is 2. The largest absolute Gasteiger partial charge is 0.378 e. The summed E-state index contributed by atoms with van der Waals surface area (Å²) in [4.78, 5) is 15.2. The van der Waals surface area contributed by atoms with E-state index in [1.165, 1.54) is 19.3 Å². The first kappa shape index (κ1) is 16.2. The van der Waals surface area contributed by atoms with E-state index in [0.29, 0.717) is 5.92 Å². The van der Waals surface area contributed by atoms with E-state index in [2.05, 4.69) is 29.4 Å². The number of ether oxygens (including phenoxy) is 1. The van der Waals surface area contributed by atoms with Gasteiger partial charge in [0.2, 0.25) is 5.91 Å². The summed E-state index contributed by atoms with van der Waals surface area (Å²) in [7, 11) is 0. The van der Waals surface area contributed by atoms with Crippen LogP contribution in [0.4, 0.5) is 0 Å². The molecule has 5 nitrogen and oxygen atoms in total. The minimum atomic E-state index is -0.126. The van der Waals surface area contributed by atoms with Gasteiger partial charge < -0.3 is 15.4 Å². The Morgan fingerprint density at radius 3 is 3.09 bits per heavy atom. The molecule has 1 saturated carbocycles. The Labute approximate surface area is 134 Å². The molecule has 0 bridgehead atoms. The van der Waals surface area contributed by atoms with E-state index in [-0.39, 0.29) is 16.9 Å². The Kier molecular flexibility index (Phi) is 4.76. The minimum Gasteiger partial charge on any atom is -0.378 e. The van der Waals surface area contributed by atoms with E-state index in [9.17, 15) is 4.79 Å². The second-order valence-electron chi connectivity index (χ2n) is 7.84. The molecule has 0 spiro atoms. The lowest BCUT2D eigenvalue weighted by Crippen LogP contribution is -2.56. The van der Waals surface area contributed by atoms with Gasteiger partial charge in [0.05, 0.1) is 18.6 Å². The Balaban J connectivity index is 1.52. The lowest BCUT2D eigenvalue weighted by atomic mass is 9.67. The highest BCUT2D eigenvalue weighted by Crippen LogP contribution is 2.43. The summed E-state index contributed by atoms with van der Waals surface area (Å²) in [5.41, 5.74) is -0.0532. The number of hydrogen-bond donors (Lipinski definition) is 2. The highest BCUT2D eigenvalue weighted by atomic mass is 16.5. The number of carbonyl (C=O) groups is 1. The fourth-order valence-corrected chi connectivity index (χ4v) is 4.48. The summed E-state index contributed by atoms with van der Waals surface area (Å²) < 4.78 is 5.56. The number of nitrogens with zero attached hydrogens (tertiary/aromatic N) is 1. The Hall–Kier alpha value is -0.650. The van der Waals surface area contributed by atoms with Crippen molar-refractivity contribution in [2.45, 2.75) is 45.1 Å². The molecular formula is C17H31N3O2. The van der Waals surface area contributed by atoms with Crippen LogP contribution < -0.4 is 10.6 Å². The molecule has 0 radical (unpaired) electrons. The van der Waals surface area contributed by atoms with Crippen LogP contribution in [0.3, 0.4) is 0 Å². The summed E-state index contributed by atoms with van der Waals surface area (Å²) in [5, 5.41) is 6.69. The third-order valence-electron chi connectivity index (χ3n) is 5.97. The predicted molar refractivity (Wildman–Crippen MR) is 86.7 cm³/mol. The number of rotatable bonds is 4. The number of amides is 1. The first-order valence-electron chi connectivity index (χ1n) is 8.86. The number of morpholine rings is 1. The van der Waals surface area contributed by atoms with Crippen LogP contribution in [0, 0.1) is 11.3 Å². The molecule has 3 fully saturated rings.